The molecule has 0 saturated carbocycles. The molecule has 0 aliphatic heterocycles. The lowest BCUT2D eigenvalue weighted by atomic mass is 9.60. The Kier molecular flexibility index (Phi) is 6.61. The van der Waals surface area contributed by atoms with E-state index in [2.05, 4.69) is 11.8 Å². The maximum atomic E-state index is 13.6. The normalized spacial score (nSPS) is 25.6. The van der Waals surface area contributed by atoms with E-state index in [1.807, 2.05) is 7.05 Å². The Morgan fingerprint density at radius 1 is 1.25 bits per heavy atom. The average molecular weight is 501 g/mol. The third-order valence-electron chi connectivity index (χ3n) is 7.63. The highest BCUT2D eigenvalue weighted by atomic mass is 16.5. The van der Waals surface area contributed by atoms with E-state index in [0.29, 0.717) is 23.4 Å². The van der Waals surface area contributed by atoms with Crippen molar-refractivity contribution in [3.63, 3.8) is 0 Å². The number of hydrogen-bond acceptors (Lipinski definition) is 9. The lowest BCUT2D eigenvalue weighted by Gasteiger charge is -2.45. The lowest BCUT2D eigenvalue weighted by Crippen LogP contribution is -2.57. The molecular formula is C26H32N2O8. The summed E-state index contributed by atoms with van der Waals surface area (Å²) in [6.45, 7) is 3.43. The highest BCUT2D eigenvalue weighted by molar-refractivity contribution is 6.24. The van der Waals surface area contributed by atoms with Crippen molar-refractivity contribution in [2.24, 2.45) is 17.6 Å². The summed E-state index contributed by atoms with van der Waals surface area (Å²) in [6.07, 6.45) is 2.06. The smallest absolute Gasteiger partial charge is 0.255 e. The van der Waals surface area contributed by atoms with Gasteiger partial charge in [-0.3, -0.25) is 14.4 Å². The first-order valence-electron chi connectivity index (χ1n) is 12.0. The number of fused-ring (bicyclic) bond motifs is 3. The molecule has 10 heteroatoms. The first-order chi connectivity index (χ1) is 17.0. The van der Waals surface area contributed by atoms with E-state index in [9.17, 15) is 34.8 Å². The third kappa shape index (κ3) is 3.75. The van der Waals surface area contributed by atoms with Gasteiger partial charge in [0.2, 0.25) is 5.78 Å². The molecule has 3 aliphatic carbocycles. The molecule has 4 rings (SSSR count). The zero-order valence-corrected chi connectivity index (χ0v) is 20.6. The van der Waals surface area contributed by atoms with Crippen LogP contribution in [0, 0.1) is 11.8 Å². The highest BCUT2D eigenvalue weighted by Crippen LogP contribution is 2.52. The van der Waals surface area contributed by atoms with Crippen LogP contribution in [0.1, 0.15) is 54.1 Å². The number of phenols is 1. The number of aliphatic hydroxyl groups is 3. The lowest BCUT2D eigenvalue weighted by molar-refractivity contribution is -0.144. The van der Waals surface area contributed by atoms with Gasteiger partial charge in [0.15, 0.2) is 11.4 Å². The predicted molar refractivity (Wildman–Crippen MR) is 129 cm³/mol. The topological polar surface area (TPSA) is 171 Å². The zero-order chi connectivity index (χ0) is 26.5. The Hall–Kier alpha value is -3.37. The number of nitrogens with two attached hydrogens (primary N) is 1. The number of nitrogens with zero attached hydrogens (tertiary/aromatic N) is 1. The number of allylic oxidation sites excluding steroid dienone is 2. The fraction of sp³-hybridized carbons (Fsp3) is 0.500. The quantitative estimate of drug-likeness (QED) is 0.350. The van der Waals surface area contributed by atoms with Crippen molar-refractivity contribution in [2.75, 3.05) is 20.7 Å². The monoisotopic (exact) mass is 500 g/mol. The van der Waals surface area contributed by atoms with E-state index in [-0.39, 0.29) is 36.1 Å². The van der Waals surface area contributed by atoms with Crippen molar-refractivity contribution in [1.82, 2.24) is 4.90 Å². The number of ketones is 2. The van der Waals surface area contributed by atoms with Gasteiger partial charge in [0.1, 0.15) is 28.6 Å². The van der Waals surface area contributed by atoms with E-state index in [1.54, 1.807) is 0 Å². The number of methoxy groups -OCH3 is 1. The van der Waals surface area contributed by atoms with Crippen LogP contribution in [0.3, 0.4) is 0 Å². The van der Waals surface area contributed by atoms with Crippen LogP contribution in [0.4, 0.5) is 0 Å². The van der Waals surface area contributed by atoms with Crippen molar-refractivity contribution in [2.45, 2.75) is 51.2 Å². The Bertz CT molecular complexity index is 1220. The summed E-state index contributed by atoms with van der Waals surface area (Å²) in [7, 11) is 3.45. The third-order valence-corrected chi connectivity index (χ3v) is 7.63. The van der Waals surface area contributed by atoms with Gasteiger partial charge in [0, 0.05) is 35.6 Å². The SMILES string of the molecule is CCCCN(C)Cc1cc(O)c2c(c1OC)CC1C[C@H]3CC(O)=C(C(N)=O)C(=O)[C@@]3(O)C(O)=C1C2=O. The van der Waals surface area contributed by atoms with Gasteiger partial charge < -0.3 is 35.8 Å². The molecule has 36 heavy (non-hydrogen) atoms. The van der Waals surface area contributed by atoms with Crippen LogP contribution in [-0.4, -0.2) is 69.1 Å². The number of aromatic hydroxyl groups is 1. The molecule has 0 fully saturated rings. The molecule has 1 aromatic carbocycles. The fourth-order valence-corrected chi connectivity index (χ4v) is 5.90. The molecular weight excluding hydrogens is 468 g/mol. The molecule has 0 bridgehead atoms. The summed E-state index contributed by atoms with van der Waals surface area (Å²) >= 11 is 0. The molecule has 1 unspecified atom stereocenters. The minimum atomic E-state index is -2.57. The maximum Gasteiger partial charge on any atom is 0.255 e. The Labute approximate surface area is 208 Å². The van der Waals surface area contributed by atoms with Crippen LogP contribution in [0.2, 0.25) is 0 Å². The van der Waals surface area contributed by atoms with Gasteiger partial charge in [0.05, 0.1) is 12.7 Å². The second kappa shape index (κ2) is 9.25. The number of carbonyl (C=O) groups excluding carboxylic acids is 3. The van der Waals surface area contributed by atoms with Gasteiger partial charge in [-0.05, 0) is 44.8 Å². The highest BCUT2D eigenvalue weighted by Gasteiger charge is 2.59. The molecule has 0 heterocycles. The van der Waals surface area contributed by atoms with Gasteiger partial charge in [-0.25, -0.2) is 0 Å². The summed E-state index contributed by atoms with van der Waals surface area (Å²) in [4.78, 5) is 40.5. The van der Waals surface area contributed by atoms with Gasteiger partial charge in [-0.15, -0.1) is 0 Å². The molecule has 3 aliphatic rings. The number of ether oxygens (including phenoxy) is 1. The molecule has 6 N–H and O–H groups in total. The van der Waals surface area contributed by atoms with Crippen molar-refractivity contribution in [3.8, 4) is 11.5 Å². The fourth-order valence-electron chi connectivity index (χ4n) is 5.90. The summed E-state index contributed by atoms with van der Waals surface area (Å²) in [6, 6.07) is 1.47. The molecule has 10 nitrogen and oxygen atoms in total. The van der Waals surface area contributed by atoms with Crippen LogP contribution in [0.5, 0.6) is 11.5 Å². The molecule has 1 amide bonds. The van der Waals surface area contributed by atoms with Crippen LogP contribution in [-0.2, 0) is 22.6 Å². The summed E-state index contributed by atoms with van der Waals surface area (Å²) in [5.41, 5.74) is 2.82. The number of phenolic OH excluding ortho intramolecular Hbond substituents is 1. The number of hydrogen-bond donors (Lipinski definition) is 5. The Balaban J connectivity index is 1.81. The van der Waals surface area contributed by atoms with Gasteiger partial charge in [0.25, 0.3) is 5.91 Å². The number of unbranched alkanes of at least 4 members (excludes halogenated alkanes) is 1. The molecule has 3 atom stereocenters. The molecule has 1 aromatic rings. The standard InChI is InChI=1S/C26H32N2O8/c1-4-5-6-28(2)11-13-9-16(29)19-15(22(13)36-3)8-12-7-14-10-17(30)20(25(27)34)24(33)26(14,35)23(32)18(12)21(19)31/h9,12,14,29-30,32,35H,4-8,10-11H2,1-3H3,(H2,27,34)/t12?,14-,26-/m0/s1. The molecule has 0 spiro atoms. The first kappa shape index (κ1) is 25.7. The van der Waals surface area contributed by atoms with Crippen LogP contribution in [0.25, 0.3) is 0 Å². The average Bonchev–Trinajstić information content (AvgIpc) is 2.79. The largest absolute Gasteiger partial charge is 0.511 e. The number of amides is 1. The number of aliphatic hydroxyl groups excluding tert-OH is 2. The number of rotatable bonds is 7. The number of benzene rings is 1. The van der Waals surface area contributed by atoms with Crippen LogP contribution < -0.4 is 10.5 Å². The Morgan fingerprint density at radius 3 is 2.56 bits per heavy atom. The van der Waals surface area contributed by atoms with E-state index in [1.165, 1.54) is 13.2 Å². The second-order valence-electron chi connectivity index (χ2n) is 9.94. The minimum Gasteiger partial charge on any atom is -0.511 e. The van der Waals surface area contributed by atoms with Gasteiger partial charge in [-0.1, -0.05) is 13.3 Å². The summed E-state index contributed by atoms with van der Waals surface area (Å²) in [5.74, 6) is -6.00. The maximum absolute atomic E-state index is 13.6. The van der Waals surface area contributed by atoms with Gasteiger partial charge >= 0.3 is 0 Å². The molecule has 0 radical (unpaired) electrons. The van der Waals surface area contributed by atoms with Crippen molar-refractivity contribution in [1.29, 1.82) is 0 Å². The molecule has 0 saturated heterocycles. The van der Waals surface area contributed by atoms with E-state index < -0.39 is 52.0 Å². The summed E-state index contributed by atoms with van der Waals surface area (Å²) < 4.78 is 5.69. The summed E-state index contributed by atoms with van der Waals surface area (Å²) in [5, 5.41) is 43.5. The number of Topliss-reactive ketones (excluding diaryl/α,β-unsaturated/α-hetero) is 2. The number of primary amides is 1. The van der Waals surface area contributed by atoms with E-state index in [4.69, 9.17) is 10.5 Å². The van der Waals surface area contributed by atoms with E-state index >= 15 is 0 Å². The van der Waals surface area contributed by atoms with Crippen molar-refractivity contribution in [3.05, 3.63) is 45.4 Å². The van der Waals surface area contributed by atoms with E-state index in [0.717, 1.165) is 19.4 Å². The Morgan fingerprint density at radius 2 is 1.94 bits per heavy atom. The van der Waals surface area contributed by atoms with Gasteiger partial charge in [-0.2, -0.15) is 0 Å². The predicted octanol–water partition coefficient (Wildman–Crippen LogP) is 1.82. The van der Waals surface area contributed by atoms with Crippen LogP contribution in [0.15, 0.2) is 28.7 Å². The molecule has 194 valence electrons. The van der Waals surface area contributed by atoms with Crippen LogP contribution >= 0.6 is 0 Å². The second-order valence-corrected chi connectivity index (χ2v) is 9.94. The zero-order valence-electron chi connectivity index (χ0n) is 20.6. The minimum absolute atomic E-state index is 0.0524. The van der Waals surface area contributed by atoms with Crippen molar-refractivity contribution >= 4 is 17.5 Å². The first-order valence-corrected chi connectivity index (χ1v) is 12.0. The molecule has 0 aromatic heterocycles. The number of carbonyl (C=O) groups is 3. The van der Waals surface area contributed by atoms with Crippen molar-refractivity contribution < 1.29 is 39.5 Å².